The van der Waals surface area contributed by atoms with E-state index in [1.165, 1.54) is 0 Å². The number of nitrogens with two attached hydrogens (primary N) is 1. The van der Waals surface area contributed by atoms with Gasteiger partial charge in [0.05, 0.1) is 5.69 Å². The molecule has 3 unspecified atom stereocenters. The molecule has 1 aliphatic carbocycles. The number of rotatable bonds is 6. The lowest BCUT2D eigenvalue weighted by Crippen LogP contribution is -2.40. The van der Waals surface area contributed by atoms with E-state index in [4.69, 9.17) is 17.3 Å². The molecule has 1 heterocycles. The molecule has 1 aromatic rings. The maximum Gasteiger partial charge on any atom is 0.329 e. The average molecular weight is 415 g/mol. The van der Waals surface area contributed by atoms with Crippen LogP contribution >= 0.6 is 24.0 Å². The summed E-state index contributed by atoms with van der Waals surface area (Å²) in [5.41, 5.74) is 6.19. The normalized spacial score (nSPS) is 24.5. The number of hydrogen-bond acceptors (Lipinski definition) is 4. The van der Waals surface area contributed by atoms with Gasteiger partial charge in [0.15, 0.2) is 0 Å². The second-order valence-corrected chi connectivity index (χ2v) is 7.23. The molecule has 1 saturated heterocycles. The molecule has 148 valence electrons. The summed E-state index contributed by atoms with van der Waals surface area (Å²) in [6, 6.07) is 5.40. The Morgan fingerprint density at radius 3 is 2.63 bits per heavy atom. The summed E-state index contributed by atoms with van der Waals surface area (Å²) in [7, 11) is 0. The molecule has 2 fully saturated rings. The summed E-state index contributed by atoms with van der Waals surface area (Å²) in [6.45, 7) is 0.568. The molecule has 2 aliphatic rings. The van der Waals surface area contributed by atoms with Crippen LogP contribution in [0.1, 0.15) is 32.1 Å². The number of nitrogens with zero attached hydrogens (tertiary/aromatic N) is 1. The van der Waals surface area contributed by atoms with Crippen LogP contribution in [0, 0.1) is 5.92 Å². The summed E-state index contributed by atoms with van der Waals surface area (Å²) in [6.07, 6.45) is 3.49. The van der Waals surface area contributed by atoms with Crippen LogP contribution in [0.25, 0.3) is 0 Å². The van der Waals surface area contributed by atoms with Crippen molar-refractivity contribution in [2.45, 2.75) is 44.2 Å². The van der Waals surface area contributed by atoms with Gasteiger partial charge >= 0.3 is 6.03 Å². The van der Waals surface area contributed by atoms with Gasteiger partial charge in [-0.05, 0) is 56.0 Å². The molecule has 0 aromatic heterocycles. The minimum Gasteiger partial charge on any atom is -0.353 e. The van der Waals surface area contributed by atoms with Crippen molar-refractivity contribution in [3.05, 3.63) is 29.3 Å². The van der Waals surface area contributed by atoms with E-state index in [2.05, 4.69) is 10.6 Å². The van der Waals surface area contributed by atoms with E-state index in [9.17, 15) is 14.4 Å². The molecule has 0 bridgehead atoms. The molecule has 4 N–H and O–H groups in total. The number of hydrogen-bond donors (Lipinski definition) is 3. The quantitative estimate of drug-likeness (QED) is 0.620. The maximum atomic E-state index is 12.5. The first-order chi connectivity index (χ1) is 12.5. The first-order valence-corrected chi connectivity index (χ1v) is 9.27. The molecule has 9 heteroatoms. The lowest BCUT2D eigenvalue weighted by atomic mass is 10.0. The van der Waals surface area contributed by atoms with Crippen molar-refractivity contribution >= 4 is 47.5 Å². The third-order valence-electron chi connectivity index (χ3n) is 5.07. The van der Waals surface area contributed by atoms with Crippen LogP contribution in [-0.4, -0.2) is 36.5 Å². The molecule has 3 rings (SSSR count). The van der Waals surface area contributed by atoms with Crippen molar-refractivity contribution in [1.82, 2.24) is 10.6 Å². The molecular weight excluding hydrogens is 391 g/mol. The molecule has 4 amide bonds. The topological polar surface area (TPSA) is 105 Å². The Balaban J connectivity index is 0.00000261. The van der Waals surface area contributed by atoms with E-state index in [1.807, 2.05) is 0 Å². The number of amides is 4. The summed E-state index contributed by atoms with van der Waals surface area (Å²) in [4.78, 5) is 37.9. The summed E-state index contributed by atoms with van der Waals surface area (Å²) >= 11 is 5.84. The van der Waals surface area contributed by atoms with Gasteiger partial charge in [0.2, 0.25) is 5.91 Å². The second kappa shape index (κ2) is 9.39. The summed E-state index contributed by atoms with van der Waals surface area (Å²) < 4.78 is 0. The molecule has 1 saturated carbocycles. The van der Waals surface area contributed by atoms with Gasteiger partial charge in [-0.2, -0.15) is 0 Å². The zero-order valence-corrected chi connectivity index (χ0v) is 16.4. The predicted molar refractivity (Wildman–Crippen MR) is 106 cm³/mol. The Hall–Kier alpha value is -1.83. The monoisotopic (exact) mass is 414 g/mol. The number of urea groups is 1. The van der Waals surface area contributed by atoms with Crippen LogP contribution in [0.2, 0.25) is 5.02 Å². The van der Waals surface area contributed by atoms with E-state index in [0.717, 1.165) is 24.2 Å². The highest BCUT2D eigenvalue weighted by atomic mass is 35.5. The van der Waals surface area contributed by atoms with Crippen molar-refractivity contribution in [3.8, 4) is 0 Å². The van der Waals surface area contributed by atoms with Gasteiger partial charge in [-0.15, -0.1) is 12.4 Å². The minimum atomic E-state index is -0.696. The van der Waals surface area contributed by atoms with Crippen molar-refractivity contribution in [2.24, 2.45) is 11.7 Å². The molecule has 1 aromatic carbocycles. The van der Waals surface area contributed by atoms with Gasteiger partial charge in [-0.25, -0.2) is 9.69 Å². The van der Waals surface area contributed by atoms with Gasteiger partial charge < -0.3 is 16.4 Å². The van der Waals surface area contributed by atoms with Gasteiger partial charge in [-0.1, -0.05) is 18.0 Å². The van der Waals surface area contributed by atoms with Crippen molar-refractivity contribution in [3.63, 3.8) is 0 Å². The molecular formula is C18H24Cl2N4O3. The number of halogens is 2. The molecule has 0 radical (unpaired) electrons. The van der Waals surface area contributed by atoms with Gasteiger partial charge in [0, 0.05) is 17.5 Å². The Morgan fingerprint density at radius 2 is 1.96 bits per heavy atom. The third kappa shape index (κ3) is 4.91. The highest BCUT2D eigenvalue weighted by molar-refractivity contribution is 6.30. The standard InChI is InChI=1S/C18H23ClN4O3.ClH/c19-12-4-6-13(7-5-12)23-17(25)15(22-18(23)26)8-9-16(24)21-14-3-1-2-11(14)10-20;/h4-7,11,14-15H,1-3,8-10,20H2,(H,21,24)(H,22,26);1H. The second-order valence-electron chi connectivity index (χ2n) is 6.79. The minimum absolute atomic E-state index is 0. The van der Waals surface area contributed by atoms with Crippen molar-refractivity contribution < 1.29 is 14.4 Å². The Bertz CT molecular complexity index is 698. The van der Waals surface area contributed by atoms with E-state index in [1.54, 1.807) is 24.3 Å². The highest BCUT2D eigenvalue weighted by Gasteiger charge is 2.39. The fourth-order valence-corrected chi connectivity index (χ4v) is 3.75. The maximum absolute atomic E-state index is 12.5. The lowest BCUT2D eigenvalue weighted by molar-refractivity contribution is -0.122. The average Bonchev–Trinajstić information content (AvgIpc) is 3.18. The molecule has 7 nitrogen and oxygen atoms in total. The van der Waals surface area contributed by atoms with Crippen LogP contribution in [0.5, 0.6) is 0 Å². The van der Waals surface area contributed by atoms with Crippen LogP contribution in [-0.2, 0) is 9.59 Å². The lowest BCUT2D eigenvalue weighted by Gasteiger charge is -2.19. The number of benzene rings is 1. The van der Waals surface area contributed by atoms with Gasteiger partial charge in [-0.3, -0.25) is 9.59 Å². The molecule has 3 atom stereocenters. The Labute approximate surface area is 169 Å². The Morgan fingerprint density at radius 1 is 1.26 bits per heavy atom. The molecule has 1 aliphatic heterocycles. The summed E-state index contributed by atoms with van der Waals surface area (Å²) in [5.74, 6) is -0.139. The van der Waals surface area contributed by atoms with Crippen LogP contribution in [0.15, 0.2) is 24.3 Å². The van der Waals surface area contributed by atoms with Crippen molar-refractivity contribution in [1.29, 1.82) is 0 Å². The van der Waals surface area contributed by atoms with E-state index in [0.29, 0.717) is 23.2 Å². The summed E-state index contributed by atoms with van der Waals surface area (Å²) in [5, 5.41) is 6.17. The van der Waals surface area contributed by atoms with E-state index in [-0.39, 0.29) is 43.1 Å². The first-order valence-electron chi connectivity index (χ1n) is 8.89. The largest absolute Gasteiger partial charge is 0.353 e. The van der Waals surface area contributed by atoms with Crippen LogP contribution in [0.3, 0.4) is 0 Å². The fourth-order valence-electron chi connectivity index (χ4n) is 3.62. The van der Waals surface area contributed by atoms with E-state index < -0.39 is 12.1 Å². The Kier molecular flexibility index (Phi) is 7.47. The zero-order chi connectivity index (χ0) is 18.7. The first kappa shape index (κ1) is 21.5. The zero-order valence-electron chi connectivity index (χ0n) is 14.8. The van der Waals surface area contributed by atoms with Crippen LogP contribution in [0.4, 0.5) is 10.5 Å². The number of carbonyl (C=O) groups excluding carboxylic acids is 3. The highest BCUT2D eigenvalue weighted by Crippen LogP contribution is 2.25. The number of carbonyl (C=O) groups is 3. The molecule has 27 heavy (non-hydrogen) atoms. The molecule has 0 spiro atoms. The SMILES string of the molecule is Cl.NCC1CCCC1NC(=O)CCC1NC(=O)N(c2ccc(Cl)cc2)C1=O. The van der Waals surface area contributed by atoms with Gasteiger partial charge in [0.1, 0.15) is 6.04 Å². The van der Waals surface area contributed by atoms with Gasteiger partial charge in [0.25, 0.3) is 5.91 Å². The number of nitrogens with one attached hydrogen (secondary N) is 2. The predicted octanol–water partition coefficient (Wildman–Crippen LogP) is 2.21. The van der Waals surface area contributed by atoms with Crippen molar-refractivity contribution in [2.75, 3.05) is 11.4 Å². The fraction of sp³-hybridized carbons (Fsp3) is 0.500. The number of anilines is 1. The van der Waals surface area contributed by atoms with E-state index >= 15 is 0 Å². The number of imide groups is 1. The van der Waals surface area contributed by atoms with Crippen LogP contribution < -0.4 is 21.3 Å². The smallest absolute Gasteiger partial charge is 0.329 e. The third-order valence-corrected chi connectivity index (χ3v) is 5.32.